The lowest BCUT2D eigenvalue weighted by Crippen LogP contribution is -2.30. The number of nitrogens with zero attached hydrogens (tertiary/aromatic N) is 3. The summed E-state index contributed by atoms with van der Waals surface area (Å²) in [5.74, 6) is -0.941. The highest BCUT2D eigenvalue weighted by Crippen LogP contribution is 2.24. The first-order valence-corrected chi connectivity index (χ1v) is 10.2. The third-order valence-corrected chi connectivity index (χ3v) is 4.92. The summed E-state index contributed by atoms with van der Waals surface area (Å²) in [5, 5.41) is 9.30. The van der Waals surface area contributed by atoms with Gasteiger partial charge in [0.2, 0.25) is 0 Å². The van der Waals surface area contributed by atoms with E-state index in [-0.39, 0.29) is 48.3 Å². The predicted molar refractivity (Wildman–Crippen MR) is 112 cm³/mol. The topological polar surface area (TPSA) is 115 Å². The summed E-state index contributed by atoms with van der Waals surface area (Å²) >= 11 is 0. The molecular formula is C22H22FN5O4. The summed E-state index contributed by atoms with van der Waals surface area (Å²) in [6.07, 6.45) is 1.23. The van der Waals surface area contributed by atoms with Gasteiger partial charge in [-0.2, -0.15) is 5.10 Å². The van der Waals surface area contributed by atoms with Crippen LogP contribution in [0, 0.1) is 11.7 Å². The van der Waals surface area contributed by atoms with E-state index in [1.54, 1.807) is 18.2 Å². The molecule has 2 N–H and O–H groups in total. The molecule has 9 nitrogen and oxygen atoms in total. The number of aromatic nitrogens is 3. The number of Topliss-reactive ketones (excluding diaryl/α,β-unsaturated/α-hetero) is 1. The van der Waals surface area contributed by atoms with E-state index in [4.69, 9.17) is 4.74 Å². The van der Waals surface area contributed by atoms with Gasteiger partial charge in [0, 0.05) is 31.1 Å². The number of carbonyl (C=O) groups is 3. The van der Waals surface area contributed by atoms with Crippen LogP contribution in [-0.2, 0) is 17.8 Å². The number of nitrogens with one attached hydrogen (secondary N) is 2. The number of fused-ring (bicyclic) bond motifs is 2. The van der Waals surface area contributed by atoms with Crippen LogP contribution in [0.5, 0.6) is 5.75 Å². The Labute approximate surface area is 183 Å². The zero-order chi connectivity index (χ0) is 22.8. The maximum Gasteiger partial charge on any atom is 0.270 e. The molecule has 1 aliphatic rings. The molecule has 0 saturated heterocycles. The van der Waals surface area contributed by atoms with Gasteiger partial charge in [-0.3, -0.25) is 14.4 Å². The van der Waals surface area contributed by atoms with E-state index >= 15 is 0 Å². The highest BCUT2D eigenvalue weighted by Gasteiger charge is 2.21. The first kappa shape index (κ1) is 21.4. The molecule has 4 rings (SSSR count). The van der Waals surface area contributed by atoms with Crippen molar-refractivity contribution in [3.8, 4) is 5.75 Å². The molecule has 3 heterocycles. The summed E-state index contributed by atoms with van der Waals surface area (Å²) in [7, 11) is 0. The van der Waals surface area contributed by atoms with Gasteiger partial charge in [0.1, 0.15) is 23.7 Å². The quantitative estimate of drug-likeness (QED) is 0.604. The number of ether oxygens (including phenoxy) is 1. The smallest absolute Gasteiger partial charge is 0.270 e. The van der Waals surface area contributed by atoms with Crippen LogP contribution in [0.15, 0.2) is 30.5 Å². The molecule has 2 aromatic heterocycles. The van der Waals surface area contributed by atoms with Crippen molar-refractivity contribution >= 4 is 23.2 Å². The summed E-state index contributed by atoms with van der Waals surface area (Å²) in [6, 6.07) is 6.62. The number of benzene rings is 1. The van der Waals surface area contributed by atoms with Crippen molar-refractivity contribution in [1.82, 2.24) is 25.2 Å². The number of carbonyl (C=O) groups excluding carboxylic acids is 3. The summed E-state index contributed by atoms with van der Waals surface area (Å²) in [5.41, 5.74) is 1.22. The Bertz CT molecular complexity index is 1220. The molecule has 0 atom stereocenters. The van der Waals surface area contributed by atoms with E-state index in [2.05, 4.69) is 20.7 Å². The fourth-order valence-electron chi connectivity index (χ4n) is 3.32. The fraction of sp³-hybridized carbons (Fsp3) is 0.318. The monoisotopic (exact) mass is 439 g/mol. The zero-order valence-electron chi connectivity index (χ0n) is 17.6. The third kappa shape index (κ3) is 4.43. The number of hydrogen-bond acceptors (Lipinski definition) is 6. The second-order valence-corrected chi connectivity index (χ2v) is 7.99. The van der Waals surface area contributed by atoms with Crippen LogP contribution >= 0.6 is 0 Å². The molecule has 0 unspecified atom stereocenters. The maximum atomic E-state index is 14.1. The normalized spacial score (nSPS) is 13.1. The molecule has 1 aliphatic heterocycles. The summed E-state index contributed by atoms with van der Waals surface area (Å²) in [6.45, 7) is 4.52. The van der Waals surface area contributed by atoms with Crippen LogP contribution in [0.25, 0.3) is 5.65 Å². The van der Waals surface area contributed by atoms with E-state index in [0.717, 1.165) is 21.8 Å². The van der Waals surface area contributed by atoms with Crippen molar-refractivity contribution in [2.75, 3.05) is 13.2 Å². The minimum Gasteiger partial charge on any atom is -0.486 e. The minimum atomic E-state index is -0.739. The van der Waals surface area contributed by atoms with Crippen LogP contribution in [0.3, 0.4) is 0 Å². The molecule has 3 aromatic rings. The second kappa shape index (κ2) is 8.74. The van der Waals surface area contributed by atoms with Crippen LogP contribution < -0.4 is 15.4 Å². The first-order chi connectivity index (χ1) is 15.3. The van der Waals surface area contributed by atoms with Gasteiger partial charge in [-0.1, -0.05) is 19.9 Å². The summed E-state index contributed by atoms with van der Waals surface area (Å²) in [4.78, 5) is 41.0. The highest BCUT2D eigenvalue weighted by atomic mass is 19.1. The number of halogens is 1. The Morgan fingerprint density at radius 3 is 2.81 bits per heavy atom. The van der Waals surface area contributed by atoms with E-state index in [1.165, 1.54) is 6.07 Å². The molecule has 10 heteroatoms. The van der Waals surface area contributed by atoms with Gasteiger partial charge < -0.3 is 15.4 Å². The molecule has 0 spiro atoms. The maximum absolute atomic E-state index is 14.1. The lowest BCUT2D eigenvalue weighted by atomic mass is 10.0. The Morgan fingerprint density at radius 1 is 1.22 bits per heavy atom. The SMILES string of the molecule is CC(C)CNC(=O)c1cc(C(=O)NCc2ccc3c(c2)CC(=O)CO3)nc2c(F)cnn12. The van der Waals surface area contributed by atoms with E-state index in [9.17, 15) is 18.8 Å². The van der Waals surface area contributed by atoms with Crippen molar-refractivity contribution in [2.24, 2.45) is 5.92 Å². The Balaban J connectivity index is 1.54. The van der Waals surface area contributed by atoms with Gasteiger partial charge in [0.15, 0.2) is 17.2 Å². The van der Waals surface area contributed by atoms with Gasteiger partial charge in [-0.15, -0.1) is 0 Å². The van der Waals surface area contributed by atoms with Crippen molar-refractivity contribution < 1.29 is 23.5 Å². The van der Waals surface area contributed by atoms with Crippen molar-refractivity contribution in [1.29, 1.82) is 0 Å². The fourth-order valence-corrected chi connectivity index (χ4v) is 3.32. The van der Waals surface area contributed by atoms with Crippen molar-refractivity contribution in [3.63, 3.8) is 0 Å². The van der Waals surface area contributed by atoms with Crippen molar-refractivity contribution in [3.05, 3.63) is 58.8 Å². The number of rotatable bonds is 6. The van der Waals surface area contributed by atoms with Gasteiger partial charge in [0.25, 0.3) is 11.8 Å². The molecule has 0 fully saturated rings. The van der Waals surface area contributed by atoms with Gasteiger partial charge in [0.05, 0.1) is 6.20 Å². The number of hydrogen-bond donors (Lipinski definition) is 2. The Kier molecular flexibility index (Phi) is 5.85. The van der Waals surface area contributed by atoms with E-state index < -0.39 is 17.6 Å². The van der Waals surface area contributed by atoms with Gasteiger partial charge >= 0.3 is 0 Å². The zero-order valence-corrected chi connectivity index (χ0v) is 17.6. The Morgan fingerprint density at radius 2 is 2.03 bits per heavy atom. The molecule has 166 valence electrons. The number of ketones is 1. The lowest BCUT2D eigenvalue weighted by Gasteiger charge is -2.17. The van der Waals surface area contributed by atoms with Gasteiger partial charge in [-0.05, 0) is 23.6 Å². The van der Waals surface area contributed by atoms with Crippen LogP contribution in [0.1, 0.15) is 46.0 Å². The Hall–Kier alpha value is -3.82. The van der Waals surface area contributed by atoms with Crippen molar-refractivity contribution in [2.45, 2.75) is 26.8 Å². The molecule has 0 aliphatic carbocycles. The second-order valence-electron chi connectivity index (χ2n) is 7.99. The molecule has 0 bridgehead atoms. The van der Waals surface area contributed by atoms with Crippen LogP contribution in [-0.4, -0.2) is 45.3 Å². The molecule has 0 saturated carbocycles. The molecular weight excluding hydrogens is 417 g/mol. The average Bonchev–Trinajstić information content (AvgIpc) is 3.15. The third-order valence-electron chi connectivity index (χ3n) is 4.92. The van der Waals surface area contributed by atoms with Gasteiger partial charge in [-0.25, -0.2) is 13.9 Å². The number of amides is 2. The predicted octanol–water partition coefficient (Wildman–Crippen LogP) is 1.69. The average molecular weight is 439 g/mol. The minimum absolute atomic E-state index is 0.00846. The van der Waals surface area contributed by atoms with E-state index in [1.807, 2.05) is 13.8 Å². The van der Waals surface area contributed by atoms with Crippen LogP contribution in [0.4, 0.5) is 4.39 Å². The standard InChI is InChI=1S/C22H22FN5O4/c1-12(2)8-24-22(31)18-7-17(27-20-16(23)10-26-28(18)20)21(30)25-9-13-3-4-19-14(5-13)6-15(29)11-32-19/h3-5,7,10,12H,6,8-9,11H2,1-2H3,(H,24,31)(H,25,30). The molecule has 0 radical (unpaired) electrons. The van der Waals surface area contributed by atoms with E-state index in [0.29, 0.717) is 12.3 Å². The summed E-state index contributed by atoms with van der Waals surface area (Å²) < 4.78 is 20.6. The highest BCUT2D eigenvalue weighted by molar-refractivity contribution is 5.98. The lowest BCUT2D eigenvalue weighted by molar-refractivity contribution is -0.121. The molecule has 2 amide bonds. The molecule has 32 heavy (non-hydrogen) atoms. The van der Waals surface area contributed by atoms with Crippen LogP contribution in [0.2, 0.25) is 0 Å². The molecule has 1 aromatic carbocycles. The first-order valence-electron chi connectivity index (χ1n) is 10.2. The largest absolute Gasteiger partial charge is 0.486 e.